The summed E-state index contributed by atoms with van der Waals surface area (Å²) in [5.74, 6) is 0.308. The normalized spacial score (nSPS) is 14.3. The molecule has 0 saturated carbocycles. The largest absolute Gasteiger partial charge is 0.370 e. The minimum atomic E-state index is -2.30. The van der Waals surface area contributed by atoms with Crippen molar-refractivity contribution in [2.45, 2.75) is 31.7 Å². The van der Waals surface area contributed by atoms with Crippen molar-refractivity contribution in [3.8, 4) is 11.3 Å². The Kier molecular flexibility index (Phi) is 9.11. The number of halogens is 3. The number of amides is 1. The van der Waals surface area contributed by atoms with Crippen molar-refractivity contribution in [3.05, 3.63) is 72.1 Å². The number of pyridine rings is 2. The molecule has 0 aliphatic carbocycles. The van der Waals surface area contributed by atoms with Crippen LogP contribution in [0.25, 0.3) is 22.2 Å². The zero-order valence-corrected chi connectivity index (χ0v) is 23.5. The summed E-state index contributed by atoms with van der Waals surface area (Å²) in [5.41, 5.74) is 3.00. The smallest absolute Gasteiger partial charge is 0.254 e. The van der Waals surface area contributed by atoms with Crippen molar-refractivity contribution < 1.29 is 18.0 Å². The Hall–Kier alpha value is -4.32. The lowest BCUT2D eigenvalue weighted by atomic mass is 10.0. The van der Waals surface area contributed by atoms with Gasteiger partial charge < -0.3 is 15.5 Å². The van der Waals surface area contributed by atoms with Crippen LogP contribution in [0.5, 0.6) is 0 Å². The SMILES string of the molecule is CNC(=O)c1c(F)cnc2c(CCNc3cc(-c4ccc(N(C)C5CCN(CC(F)F)CC5)nc4)ncn3)cccc12. The average molecular weight is 579 g/mol. The highest BCUT2D eigenvalue weighted by Crippen LogP contribution is 2.25. The quantitative estimate of drug-likeness (QED) is 0.286. The van der Waals surface area contributed by atoms with E-state index in [4.69, 9.17) is 0 Å². The van der Waals surface area contributed by atoms with E-state index in [1.165, 1.54) is 13.4 Å². The molecule has 12 heteroatoms. The van der Waals surface area contributed by atoms with E-state index in [1.54, 1.807) is 18.3 Å². The van der Waals surface area contributed by atoms with E-state index in [0.717, 1.165) is 36.0 Å². The third-order valence-electron chi connectivity index (χ3n) is 7.66. The molecule has 4 aromatic rings. The number of nitrogens with one attached hydrogen (secondary N) is 2. The van der Waals surface area contributed by atoms with Gasteiger partial charge in [0, 0.05) is 63.0 Å². The van der Waals surface area contributed by atoms with Gasteiger partial charge in [0.05, 0.1) is 29.5 Å². The summed E-state index contributed by atoms with van der Waals surface area (Å²) in [6.07, 6.45) is 4.24. The van der Waals surface area contributed by atoms with Crippen LogP contribution in [0.15, 0.2) is 55.1 Å². The number of fused-ring (bicyclic) bond motifs is 1. The zero-order chi connectivity index (χ0) is 29.6. The monoisotopic (exact) mass is 578 g/mol. The van der Waals surface area contributed by atoms with Crippen molar-refractivity contribution in [1.82, 2.24) is 30.2 Å². The highest BCUT2D eigenvalue weighted by Gasteiger charge is 2.25. The molecule has 3 aromatic heterocycles. The first-order chi connectivity index (χ1) is 20.3. The molecule has 1 amide bonds. The van der Waals surface area contributed by atoms with Crippen LogP contribution in [0.4, 0.5) is 24.8 Å². The molecule has 1 aliphatic rings. The Morgan fingerprint density at radius 3 is 2.62 bits per heavy atom. The third-order valence-corrected chi connectivity index (χ3v) is 7.66. The molecule has 9 nitrogen and oxygen atoms in total. The summed E-state index contributed by atoms with van der Waals surface area (Å²) < 4.78 is 39.7. The van der Waals surface area contributed by atoms with E-state index in [-0.39, 0.29) is 18.2 Å². The number of likely N-dealkylation sites (tertiary alicyclic amines) is 1. The van der Waals surface area contributed by atoms with Gasteiger partial charge in [-0.3, -0.25) is 14.7 Å². The first-order valence-electron chi connectivity index (χ1n) is 13.9. The highest BCUT2D eigenvalue weighted by atomic mass is 19.3. The molecule has 5 rings (SSSR count). The summed E-state index contributed by atoms with van der Waals surface area (Å²) in [6.45, 7) is 1.67. The van der Waals surface area contributed by atoms with Crippen LogP contribution in [-0.4, -0.2) is 83.5 Å². The molecule has 1 saturated heterocycles. The minimum absolute atomic E-state index is 0.0150. The van der Waals surface area contributed by atoms with Gasteiger partial charge in [0.1, 0.15) is 18.0 Å². The number of hydrogen-bond donors (Lipinski definition) is 2. The predicted octanol–water partition coefficient (Wildman–Crippen LogP) is 4.41. The number of nitrogens with zero attached hydrogens (tertiary/aromatic N) is 6. The standard InChI is InChI=1S/C30H33F3N8O/c1-34-30(42)28-22-5-3-4-19(29(22)37-16-23(28)31)8-11-35-26-14-24(38-18-39-26)20-6-7-27(36-15-20)40(2)21-9-12-41(13-10-21)17-25(32)33/h3-7,14-16,18,21,25H,8-13,17H2,1-2H3,(H,34,42)(H,35,38,39). The lowest BCUT2D eigenvalue weighted by molar-refractivity contribution is 0.0754. The third kappa shape index (κ3) is 6.59. The van der Waals surface area contributed by atoms with Gasteiger partial charge in [0.15, 0.2) is 5.82 Å². The predicted molar refractivity (Wildman–Crippen MR) is 156 cm³/mol. The molecule has 0 atom stereocenters. The molecule has 42 heavy (non-hydrogen) atoms. The van der Waals surface area contributed by atoms with E-state index in [0.29, 0.717) is 48.5 Å². The molecule has 1 fully saturated rings. The fourth-order valence-electron chi connectivity index (χ4n) is 5.37. The van der Waals surface area contributed by atoms with Crippen LogP contribution >= 0.6 is 0 Å². The molecule has 1 aliphatic heterocycles. The van der Waals surface area contributed by atoms with Gasteiger partial charge in [-0.05, 0) is 37.0 Å². The minimum Gasteiger partial charge on any atom is -0.370 e. The molecular weight excluding hydrogens is 545 g/mol. The maximum atomic E-state index is 14.4. The van der Waals surface area contributed by atoms with Gasteiger partial charge in [-0.25, -0.2) is 28.1 Å². The van der Waals surface area contributed by atoms with Crippen molar-refractivity contribution in [2.24, 2.45) is 0 Å². The van der Waals surface area contributed by atoms with Crippen molar-refractivity contribution in [2.75, 3.05) is 50.5 Å². The first kappa shape index (κ1) is 29.2. The lowest BCUT2D eigenvalue weighted by Crippen LogP contribution is -2.45. The topological polar surface area (TPSA) is 99.2 Å². The summed E-state index contributed by atoms with van der Waals surface area (Å²) in [7, 11) is 3.46. The second kappa shape index (κ2) is 13.1. The average Bonchev–Trinajstić information content (AvgIpc) is 3.00. The summed E-state index contributed by atoms with van der Waals surface area (Å²) in [5, 5.41) is 6.26. The Labute approximate surface area is 242 Å². The summed E-state index contributed by atoms with van der Waals surface area (Å²) in [4.78, 5) is 33.8. The number of anilines is 2. The Balaban J connectivity index is 1.21. The molecule has 2 N–H and O–H groups in total. The number of hydrogen-bond acceptors (Lipinski definition) is 8. The van der Waals surface area contributed by atoms with E-state index in [1.807, 2.05) is 36.2 Å². The molecule has 4 heterocycles. The zero-order valence-electron chi connectivity index (χ0n) is 23.5. The fourth-order valence-corrected chi connectivity index (χ4v) is 5.37. The number of para-hydroxylation sites is 1. The molecule has 220 valence electrons. The maximum Gasteiger partial charge on any atom is 0.254 e. The van der Waals surface area contributed by atoms with Crippen molar-refractivity contribution in [1.29, 1.82) is 0 Å². The first-order valence-corrected chi connectivity index (χ1v) is 13.9. The molecule has 0 bridgehead atoms. The second-order valence-electron chi connectivity index (χ2n) is 10.3. The van der Waals surface area contributed by atoms with Gasteiger partial charge in [-0.2, -0.15) is 0 Å². The summed E-state index contributed by atoms with van der Waals surface area (Å²) >= 11 is 0. The van der Waals surface area contributed by atoms with Crippen LogP contribution in [0, 0.1) is 5.82 Å². The van der Waals surface area contributed by atoms with Gasteiger partial charge in [0.2, 0.25) is 0 Å². The molecule has 0 radical (unpaired) electrons. The van der Waals surface area contributed by atoms with Gasteiger partial charge in [-0.15, -0.1) is 0 Å². The fraction of sp³-hybridized carbons (Fsp3) is 0.367. The molecule has 0 unspecified atom stereocenters. The molecule has 0 spiro atoms. The number of benzene rings is 1. The number of aromatic nitrogens is 4. The van der Waals surface area contributed by atoms with Crippen molar-refractivity contribution >= 4 is 28.4 Å². The van der Waals surface area contributed by atoms with E-state index in [9.17, 15) is 18.0 Å². The van der Waals surface area contributed by atoms with Crippen molar-refractivity contribution in [3.63, 3.8) is 0 Å². The Bertz CT molecular complexity index is 1530. The van der Waals surface area contributed by atoms with Gasteiger partial charge in [0.25, 0.3) is 12.3 Å². The second-order valence-corrected chi connectivity index (χ2v) is 10.3. The van der Waals surface area contributed by atoms with Crippen LogP contribution < -0.4 is 15.5 Å². The number of rotatable bonds is 10. The highest BCUT2D eigenvalue weighted by molar-refractivity contribution is 6.06. The van der Waals surface area contributed by atoms with E-state index >= 15 is 0 Å². The molecular formula is C30H33F3N8O. The maximum absolute atomic E-state index is 14.4. The van der Waals surface area contributed by atoms with Crippen LogP contribution in [0.1, 0.15) is 28.8 Å². The Morgan fingerprint density at radius 2 is 1.90 bits per heavy atom. The van der Waals surface area contributed by atoms with Gasteiger partial charge in [-0.1, -0.05) is 18.2 Å². The van der Waals surface area contributed by atoms with Crippen LogP contribution in [0.3, 0.4) is 0 Å². The molecule has 1 aromatic carbocycles. The van der Waals surface area contributed by atoms with E-state index < -0.39 is 18.1 Å². The lowest BCUT2D eigenvalue weighted by Gasteiger charge is -2.37. The number of carbonyl (C=O) groups excluding carboxylic acids is 1. The van der Waals surface area contributed by atoms with Crippen LogP contribution in [-0.2, 0) is 6.42 Å². The number of carbonyl (C=O) groups is 1. The van der Waals surface area contributed by atoms with Gasteiger partial charge >= 0.3 is 0 Å². The Morgan fingerprint density at radius 1 is 1.10 bits per heavy atom. The number of alkyl halides is 2. The summed E-state index contributed by atoms with van der Waals surface area (Å²) in [6, 6.07) is 11.4. The van der Waals surface area contributed by atoms with E-state index in [2.05, 4.69) is 35.5 Å². The van der Waals surface area contributed by atoms with Crippen LogP contribution in [0.2, 0.25) is 0 Å². The number of piperidine rings is 1.